The van der Waals surface area contributed by atoms with E-state index in [1.165, 1.54) is 16.2 Å². The first-order valence-corrected chi connectivity index (χ1v) is 10.6. The molecule has 1 saturated heterocycles. The van der Waals surface area contributed by atoms with Crippen molar-refractivity contribution in [3.63, 3.8) is 0 Å². The van der Waals surface area contributed by atoms with E-state index in [0.29, 0.717) is 11.1 Å². The topological polar surface area (TPSA) is 70.5 Å². The number of hydrogen-bond acceptors (Lipinski definition) is 5. The van der Waals surface area contributed by atoms with Crippen molar-refractivity contribution in [1.82, 2.24) is 9.88 Å². The third kappa shape index (κ3) is 3.63. The van der Waals surface area contributed by atoms with Crippen molar-refractivity contribution >= 4 is 44.7 Å². The van der Waals surface area contributed by atoms with Crippen LogP contribution in [-0.2, 0) is 16.1 Å². The quantitative estimate of drug-likeness (QED) is 0.338. The monoisotopic (exact) mass is 468 g/mol. The van der Waals surface area contributed by atoms with Crippen molar-refractivity contribution in [3.05, 3.63) is 91.9 Å². The molecule has 5 nitrogen and oxygen atoms in total. The van der Waals surface area contributed by atoms with Crippen LogP contribution in [0.5, 0.6) is 0 Å². The normalized spacial score (nSPS) is 18.4. The largest absolute Gasteiger partial charge is 0.507 e. The highest BCUT2D eigenvalue weighted by Crippen LogP contribution is 2.40. The number of nitrogens with zero attached hydrogens (tertiary/aromatic N) is 2. The first-order chi connectivity index (χ1) is 14.0. The molecule has 1 aromatic carbocycles. The molecular weight excluding hydrogens is 452 g/mol. The fraction of sp³-hybridized carbons (Fsp3) is 0.136. The average Bonchev–Trinajstić information content (AvgIpc) is 3.32. The molecular formula is C22H17BrN2O3S. The number of ketones is 1. The Morgan fingerprint density at radius 3 is 2.72 bits per heavy atom. The zero-order valence-corrected chi connectivity index (χ0v) is 17.9. The van der Waals surface area contributed by atoms with Crippen LogP contribution in [0.25, 0.3) is 5.76 Å². The van der Waals surface area contributed by atoms with E-state index < -0.39 is 17.7 Å². The number of rotatable bonds is 4. The number of likely N-dealkylation sites (tertiary alicyclic amines) is 1. The minimum Gasteiger partial charge on any atom is -0.507 e. The number of aromatic nitrogens is 1. The van der Waals surface area contributed by atoms with E-state index in [1.807, 2.05) is 36.6 Å². The number of thiophene rings is 1. The molecule has 1 fully saturated rings. The van der Waals surface area contributed by atoms with Gasteiger partial charge in [0, 0.05) is 27.3 Å². The highest BCUT2D eigenvalue weighted by molar-refractivity contribution is 9.10. The number of aliphatic hydroxyl groups is 1. The summed E-state index contributed by atoms with van der Waals surface area (Å²) < 4.78 is 0.899. The zero-order valence-electron chi connectivity index (χ0n) is 15.5. The molecule has 7 heteroatoms. The number of pyridine rings is 1. The Bertz CT molecular complexity index is 1110. The summed E-state index contributed by atoms with van der Waals surface area (Å²) in [6.45, 7) is 2.19. The zero-order chi connectivity index (χ0) is 20.5. The van der Waals surface area contributed by atoms with E-state index >= 15 is 0 Å². The minimum absolute atomic E-state index is 0.0845. The third-order valence-corrected chi connectivity index (χ3v) is 6.63. The van der Waals surface area contributed by atoms with Crippen molar-refractivity contribution in [3.8, 4) is 0 Å². The van der Waals surface area contributed by atoms with Gasteiger partial charge in [0.1, 0.15) is 5.76 Å². The van der Waals surface area contributed by atoms with E-state index in [1.54, 1.807) is 30.6 Å². The van der Waals surface area contributed by atoms with Crippen LogP contribution in [0.1, 0.15) is 27.6 Å². The predicted molar refractivity (Wildman–Crippen MR) is 115 cm³/mol. The van der Waals surface area contributed by atoms with Crippen molar-refractivity contribution in [2.24, 2.45) is 0 Å². The summed E-state index contributed by atoms with van der Waals surface area (Å²) in [6.07, 6.45) is 3.26. The maximum Gasteiger partial charge on any atom is 0.295 e. The molecule has 3 heterocycles. The summed E-state index contributed by atoms with van der Waals surface area (Å²) in [6, 6.07) is 12.0. The molecule has 1 amide bonds. The fourth-order valence-corrected chi connectivity index (χ4v) is 4.39. The van der Waals surface area contributed by atoms with E-state index in [4.69, 9.17) is 0 Å². The minimum atomic E-state index is -0.699. The van der Waals surface area contributed by atoms with E-state index in [9.17, 15) is 14.7 Å². The van der Waals surface area contributed by atoms with Gasteiger partial charge < -0.3 is 10.0 Å². The molecule has 146 valence electrons. The maximum absolute atomic E-state index is 13.0. The molecule has 0 radical (unpaired) electrons. The molecule has 1 unspecified atom stereocenters. The first kappa shape index (κ1) is 19.5. The van der Waals surface area contributed by atoms with Gasteiger partial charge in [0.15, 0.2) is 0 Å². The Kier molecular flexibility index (Phi) is 5.34. The van der Waals surface area contributed by atoms with Gasteiger partial charge in [-0.05, 0) is 47.7 Å². The molecule has 0 saturated carbocycles. The molecule has 29 heavy (non-hydrogen) atoms. The standard InChI is InChI=1S/C22H17BrN2O3S/c1-13-10-14(6-7-17(13)23)20(26)18-19(15-4-2-8-24-11-15)25(22(28)21(18)27)12-16-5-3-9-29-16/h2-11,19,26H,12H2,1H3/b20-18-. The lowest BCUT2D eigenvalue weighted by Crippen LogP contribution is -2.28. The number of aliphatic hydroxyl groups excluding tert-OH is 1. The SMILES string of the molecule is Cc1cc(/C(O)=C2/C(=O)C(=O)N(Cc3cccs3)C2c2cccnc2)ccc1Br. The second-order valence-corrected chi connectivity index (χ2v) is 8.64. The second kappa shape index (κ2) is 7.93. The average molecular weight is 469 g/mol. The summed E-state index contributed by atoms with van der Waals surface area (Å²) in [7, 11) is 0. The molecule has 2 aromatic heterocycles. The number of halogens is 1. The van der Waals surface area contributed by atoms with Gasteiger partial charge in [-0.3, -0.25) is 14.6 Å². The molecule has 0 bridgehead atoms. The lowest BCUT2D eigenvalue weighted by atomic mass is 9.96. The molecule has 4 rings (SSSR count). The lowest BCUT2D eigenvalue weighted by molar-refractivity contribution is -0.140. The Balaban J connectivity index is 1.87. The van der Waals surface area contributed by atoms with Crippen LogP contribution in [0.15, 0.2) is 70.3 Å². The van der Waals surface area contributed by atoms with Crippen LogP contribution < -0.4 is 0 Å². The second-order valence-electron chi connectivity index (χ2n) is 6.76. The summed E-state index contributed by atoms with van der Waals surface area (Å²) in [5.74, 6) is -1.49. The van der Waals surface area contributed by atoms with E-state index in [0.717, 1.165) is 14.9 Å². The van der Waals surface area contributed by atoms with Gasteiger partial charge >= 0.3 is 0 Å². The van der Waals surface area contributed by atoms with E-state index in [-0.39, 0.29) is 17.9 Å². The number of amides is 1. The molecule has 1 atom stereocenters. The van der Waals surface area contributed by atoms with Crippen LogP contribution in [0.2, 0.25) is 0 Å². The summed E-state index contributed by atoms with van der Waals surface area (Å²) >= 11 is 4.96. The first-order valence-electron chi connectivity index (χ1n) is 8.94. The molecule has 1 N–H and O–H groups in total. The van der Waals surface area contributed by atoms with Crippen molar-refractivity contribution < 1.29 is 14.7 Å². The van der Waals surface area contributed by atoms with Crippen molar-refractivity contribution in [2.75, 3.05) is 0 Å². The van der Waals surface area contributed by atoms with Gasteiger partial charge in [-0.25, -0.2) is 0 Å². The fourth-order valence-electron chi connectivity index (χ4n) is 3.45. The van der Waals surface area contributed by atoms with Crippen molar-refractivity contribution in [1.29, 1.82) is 0 Å². The third-order valence-electron chi connectivity index (χ3n) is 4.88. The lowest BCUT2D eigenvalue weighted by Gasteiger charge is -2.24. The van der Waals surface area contributed by atoms with Gasteiger partial charge in [-0.15, -0.1) is 11.3 Å². The van der Waals surface area contributed by atoms with E-state index in [2.05, 4.69) is 20.9 Å². The number of hydrogen-bond donors (Lipinski definition) is 1. The van der Waals surface area contributed by atoms with Gasteiger partial charge in [0.25, 0.3) is 11.7 Å². The molecule has 0 aliphatic carbocycles. The maximum atomic E-state index is 13.0. The Hall–Kier alpha value is -2.77. The number of carbonyl (C=O) groups is 2. The van der Waals surface area contributed by atoms with Crippen LogP contribution in [0.4, 0.5) is 0 Å². The summed E-state index contributed by atoms with van der Waals surface area (Å²) in [4.78, 5) is 32.5. The molecule has 0 spiro atoms. The number of carbonyl (C=O) groups excluding carboxylic acids is 2. The smallest absolute Gasteiger partial charge is 0.295 e. The van der Waals surface area contributed by atoms with Gasteiger partial charge in [-0.1, -0.05) is 34.1 Å². The summed E-state index contributed by atoms with van der Waals surface area (Å²) in [5.41, 5.74) is 2.17. The number of aryl methyl sites for hydroxylation is 1. The van der Waals surface area contributed by atoms with Gasteiger partial charge in [0.05, 0.1) is 18.2 Å². The number of benzene rings is 1. The highest BCUT2D eigenvalue weighted by Gasteiger charge is 2.46. The van der Waals surface area contributed by atoms with Crippen molar-refractivity contribution in [2.45, 2.75) is 19.5 Å². The molecule has 1 aliphatic heterocycles. The van der Waals surface area contributed by atoms with Gasteiger partial charge in [0.2, 0.25) is 0 Å². The van der Waals surface area contributed by atoms with Crippen LogP contribution in [0.3, 0.4) is 0 Å². The Morgan fingerprint density at radius 1 is 1.24 bits per heavy atom. The summed E-state index contributed by atoms with van der Waals surface area (Å²) in [5, 5.41) is 13.0. The molecule has 3 aromatic rings. The number of Topliss-reactive ketones (excluding diaryl/α,β-unsaturated/α-hetero) is 1. The molecule has 1 aliphatic rings. The van der Waals surface area contributed by atoms with Gasteiger partial charge in [-0.2, -0.15) is 0 Å². The Labute approximate surface area is 180 Å². The van der Waals surface area contributed by atoms with Crippen LogP contribution >= 0.6 is 27.3 Å². The van der Waals surface area contributed by atoms with Crippen LogP contribution in [0, 0.1) is 6.92 Å². The predicted octanol–water partition coefficient (Wildman–Crippen LogP) is 4.84. The highest BCUT2D eigenvalue weighted by atomic mass is 79.9. The Morgan fingerprint density at radius 2 is 2.07 bits per heavy atom. The van der Waals surface area contributed by atoms with Crippen LogP contribution in [-0.4, -0.2) is 26.7 Å².